The Morgan fingerprint density at radius 2 is 2.23 bits per heavy atom. The van der Waals surface area contributed by atoms with Crippen molar-refractivity contribution in [1.82, 2.24) is 4.98 Å². The van der Waals surface area contributed by atoms with Gasteiger partial charge in [0.25, 0.3) is 5.92 Å². The summed E-state index contributed by atoms with van der Waals surface area (Å²) in [6.45, 7) is -0.679. The summed E-state index contributed by atoms with van der Waals surface area (Å²) in [7, 11) is 0. The van der Waals surface area contributed by atoms with Crippen molar-refractivity contribution in [2.75, 3.05) is 6.54 Å². The Bertz CT molecular complexity index is 291. The predicted octanol–water partition coefficient (Wildman–Crippen LogP) is 1.87. The molecule has 0 aromatic carbocycles. The molecule has 72 valence electrons. The van der Waals surface area contributed by atoms with Crippen molar-refractivity contribution < 1.29 is 8.78 Å². The fraction of sp³-hybridized carbons (Fsp3) is 0.375. The Morgan fingerprint density at radius 3 is 2.77 bits per heavy atom. The van der Waals surface area contributed by atoms with Crippen LogP contribution in [0.5, 0.6) is 0 Å². The van der Waals surface area contributed by atoms with Crippen LogP contribution in [0.4, 0.5) is 8.78 Å². The second-order valence-electron chi connectivity index (χ2n) is 2.70. The Labute approximate surface area is 79.7 Å². The molecule has 1 aromatic heterocycles. The molecule has 0 saturated heterocycles. The molecule has 0 unspecified atom stereocenters. The third-order valence-electron chi connectivity index (χ3n) is 1.52. The molecule has 1 heterocycles. The lowest BCUT2D eigenvalue weighted by Gasteiger charge is -2.12. The number of nitrogens with zero attached hydrogens (tertiary/aromatic N) is 1. The molecule has 0 atom stereocenters. The van der Waals surface area contributed by atoms with Gasteiger partial charge in [-0.25, -0.2) is 8.78 Å². The maximum Gasteiger partial charge on any atom is 0.265 e. The van der Waals surface area contributed by atoms with Crippen LogP contribution in [-0.4, -0.2) is 17.5 Å². The molecule has 1 rings (SSSR count). The number of nitrogens with two attached hydrogens (primary N) is 1. The van der Waals surface area contributed by atoms with E-state index in [0.717, 1.165) is 0 Å². The molecule has 0 bridgehead atoms. The molecule has 13 heavy (non-hydrogen) atoms. The van der Waals surface area contributed by atoms with Crippen LogP contribution in [0.2, 0.25) is 5.02 Å². The van der Waals surface area contributed by atoms with E-state index in [2.05, 4.69) is 4.98 Å². The summed E-state index contributed by atoms with van der Waals surface area (Å²) < 4.78 is 25.5. The van der Waals surface area contributed by atoms with E-state index >= 15 is 0 Å². The number of hydrogen-bond donors (Lipinski definition) is 1. The van der Waals surface area contributed by atoms with Crippen molar-refractivity contribution in [2.45, 2.75) is 12.3 Å². The van der Waals surface area contributed by atoms with Crippen LogP contribution in [-0.2, 0) is 6.42 Å². The first-order valence-corrected chi connectivity index (χ1v) is 4.09. The smallest absolute Gasteiger partial charge is 0.265 e. The first-order chi connectivity index (χ1) is 6.03. The number of pyridine rings is 1. The molecule has 0 aliphatic carbocycles. The summed E-state index contributed by atoms with van der Waals surface area (Å²) in [5.74, 6) is -2.91. The summed E-state index contributed by atoms with van der Waals surface area (Å²) >= 11 is 5.60. The largest absolute Gasteiger partial charge is 0.325 e. The first-order valence-electron chi connectivity index (χ1n) is 3.72. The predicted molar refractivity (Wildman–Crippen MR) is 47.0 cm³/mol. The Kier molecular flexibility index (Phi) is 3.17. The van der Waals surface area contributed by atoms with Gasteiger partial charge < -0.3 is 5.73 Å². The standard InChI is InChI=1S/C8H9ClF2N2/c9-6-1-2-13-7(3-6)4-8(10,11)5-12/h1-3H,4-5,12H2. The summed E-state index contributed by atoms with van der Waals surface area (Å²) in [6, 6.07) is 2.94. The van der Waals surface area contributed by atoms with Gasteiger partial charge in [0.05, 0.1) is 13.0 Å². The third kappa shape index (κ3) is 3.24. The molecule has 1 aromatic rings. The Balaban J connectivity index is 2.74. The minimum atomic E-state index is -2.91. The SMILES string of the molecule is NCC(F)(F)Cc1cc(Cl)ccn1. The number of aromatic nitrogens is 1. The number of halogens is 3. The van der Waals surface area contributed by atoms with E-state index < -0.39 is 18.9 Å². The molecule has 0 aliphatic heterocycles. The first kappa shape index (κ1) is 10.3. The molecule has 0 aliphatic rings. The van der Waals surface area contributed by atoms with Gasteiger partial charge >= 0.3 is 0 Å². The van der Waals surface area contributed by atoms with Crippen molar-refractivity contribution in [3.8, 4) is 0 Å². The van der Waals surface area contributed by atoms with Gasteiger partial charge in [-0.2, -0.15) is 0 Å². The van der Waals surface area contributed by atoms with E-state index in [1.807, 2.05) is 0 Å². The van der Waals surface area contributed by atoms with Crippen LogP contribution < -0.4 is 5.73 Å². The van der Waals surface area contributed by atoms with Gasteiger partial charge in [-0.15, -0.1) is 0 Å². The average molecular weight is 207 g/mol. The Morgan fingerprint density at radius 1 is 1.54 bits per heavy atom. The van der Waals surface area contributed by atoms with Gasteiger partial charge in [-0.3, -0.25) is 4.98 Å². The Hall–Kier alpha value is -0.740. The van der Waals surface area contributed by atoms with Gasteiger partial charge in [0.2, 0.25) is 0 Å². The normalized spacial score (nSPS) is 11.7. The van der Waals surface area contributed by atoms with E-state index in [9.17, 15) is 8.78 Å². The number of alkyl halides is 2. The van der Waals surface area contributed by atoms with Gasteiger partial charge in [0, 0.05) is 16.9 Å². The molecule has 0 saturated carbocycles. The number of rotatable bonds is 3. The van der Waals surface area contributed by atoms with Gasteiger partial charge in [-0.1, -0.05) is 11.6 Å². The average Bonchev–Trinajstić information content (AvgIpc) is 2.03. The molecular formula is C8H9ClF2N2. The number of hydrogen-bond acceptors (Lipinski definition) is 2. The van der Waals surface area contributed by atoms with Crippen molar-refractivity contribution in [3.05, 3.63) is 29.0 Å². The highest BCUT2D eigenvalue weighted by Gasteiger charge is 2.27. The molecule has 0 spiro atoms. The van der Waals surface area contributed by atoms with Crippen molar-refractivity contribution in [2.24, 2.45) is 5.73 Å². The summed E-state index contributed by atoms with van der Waals surface area (Å²) in [6.07, 6.45) is 0.925. The highest BCUT2D eigenvalue weighted by molar-refractivity contribution is 6.30. The van der Waals surface area contributed by atoms with E-state index in [-0.39, 0.29) is 5.69 Å². The van der Waals surface area contributed by atoms with Crippen LogP contribution in [0.25, 0.3) is 0 Å². The summed E-state index contributed by atoms with van der Waals surface area (Å²) in [5.41, 5.74) is 5.13. The maximum atomic E-state index is 12.8. The van der Waals surface area contributed by atoms with Crippen LogP contribution in [0.1, 0.15) is 5.69 Å². The lowest BCUT2D eigenvalue weighted by atomic mass is 10.2. The third-order valence-corrected chi connectivity index (χ3v) is 1.75. The lowest BCUT2D eigenvalue weighted by Crippen LogP contribution is -2.30. The topological polar surface area (TPSA) is 38.9 Å². The summed E-state index contributed by atoms with van der Waals surface area (Å²) in [5, 5.41) is 0.401. The molecular weight excluding hydrogens is 198 g/mol. The zero-order valence-electron chi connectivity index (χ0n) is 6.80. The van der Waals surface area contributed by atoms with E-state index in [1.165, 1.54) is 18.3 Å². The minimum Gasteiger partial charge on any atom is -0.325 e. The van der Waals surface area contributed by atoms with Crippen LogP contribution >= 0.6 is 11.6 Å². The fourth-order valence-corrected chi connectivity index (χ4v) is 1.06. The maximum absolute atomic E-state index is 12.8. The van der Waals surface area contributed by atoms with Crippen molar-refractivity contribution in [1.29, 1.82) is 0 Å². The second-order valence-corrected chi connectivity index (χ2v) is 3.14. The van der Waals surface area contributed by atoms with E-state index in [0.29, 0.717) is 5.02 Å². The van der Waals surface area contributed by atoms with Crippen LogP contribution in [0.3, 0.4) is 0 Å². The second kappa shape index (κ2) is 3.98. The van der Waals surface area contributed by atoms with Gasteiger partial charge in [0.1, 0.15) is 0 Å². The van der Waals surface area contributed by atoms with Crippen molar-refractivity contribution >= 4 is 11.6 Å². The molecule has 0 fully saturated rings. The van der Waals surface area contributed by atoms with Gasteiger partial charge in [0.15, 0.2) is 0 Å². The minimum absolute atomic E-state index is 0.253. The molecule has 5 heteroatoms. The van der Waals surface area contributed by atoms with Crippen LogP contribution in [0.15, 0.2) is 18.3 Å². The highest BCUT2D eigenvalue weighted by atomic mass is 35.5. The highest BCUT2D eigenvalue weighted by Crippen LogP contribution is 2.18. The van der Waals surface area contributed by atoms with Crippen LogP contribution in [0, 0.1) is 0 Å². The zero-order valence-corrected chi connectivity index (χ0v) is 7.56. The molecule has 2 N–H and O–H groups in total. The lowest BCUT2D eigenvalue weighted by molar-refractivity contribution is 0.0105. The van der Waals surface area contributed by atoms with Crippen molar-refractivity contribution in [3.63, 3.8) is 0 Å². The molecule has 0 amide bonds. The van der Waals surface area contributed by atoms with E-state index in [1.54, 1.807) is 0 Å². The molecule has 0 radical (unpaired) electrons. The quantitative estimate of drug-likeness (QED) is 0.820. The molecule has 2 nitrogen and oxygen atoms in total. The zero-order chi connectivity index (χ0) is 9.90. The van der Waals surface area contributed by atoms with E-state index in [4.69, 9.17) is 17.3 Å². The monoisotopic (exact) mass is 206 g/mol. The fourth-order valence-electron chi connectivity index (χ4n) is 0.883. The summed E-state index contributed by atoms with van der Waals surface area (Å²) in [4.78, 5) is 3.75. The van der Waals surface area contributed by atoms with Gasteiger partial charge in [-0.05, 0) is 12.1 Å².